The molecular weight excluding hydrogens is 325 g/mol. The topological polar surface area (TPSA) is 81.3 Å². The number of ether oxygens (including phenoxy) is 1. The van der Waals surface area contributed by atoms with Gasteiger partial charge in [-0.15, -0.1) is 0 Å². The second-order valence-electron chi connectivity index (χ2n) is 7.04. The predicted octanol–water partition coefficient (Wildman–Crippen LogP) is 2.88. The number of nitrogens with two attached hydrogens (primary N) is 1. The van der Waals surface area contributed by atoms with Gasteiger partial charge >= 0.3 is 6.92 Å². The van der Waals surface area contributed by atoms with Crippen LogP contribution in [0.25, 0.3) is 22.0 Å². The SMILES string of the molecule is CB(O)c1ccc(OCCC2CC2)c(-c2ccc3c(N)cnnc3c2)c1. The molecule has 1 aliphatic carbocycles. The molecule has 3 aromatic rings. The molecule has 1 saturated carbocycles. The third-order valence-corrected chi connectivity index (χ3v) is 4.95. The van der Waals surface area contributed by atoms with Crippen LogP contribution in [0.2, 0.25) is 6.82 Å². The van der Waals surface area contributed by atoms with Crippen molar-refractivity contribution in [1.29, 1.82) is 0 Å². The van der Waals surface area contributed by atoms with Gasteiger partial charge in [0, 0.05) is 10.9 Å². The zero-order valence-corrected chi connectivity index (χ0v) is 14.9. The van der Waals surface area contributed by atoms with Crippen molar-refractivity contribution < 1.29 is 9.76 Å². The van der Waals surface area contributed by atoms with Gasteiger partial charge in [-0.3, -0.25) is 0 Å². The van der Waals surface area contributed by atoms with E-state index >= 15 is 0 Å². The molecule has 6 heteroatoms. The molecule has 1 heterocycles. The first kappa shape index (κ1) is 16.9. The Morgan fingerprint density at radius 1 is 1.23 bits per heavy atom. The largest absolute Gasteiger partial charge is 0.493 e. The number of nitrogens with zero attached hydrogens (tertiary/aromatic N) is 2. The van der Waals surface area contributed by atoms with E-state index in [9.17, 15) is 5.02 Å². The first-order valence-corrected chi connectivity index (χ1v) is 9.08. The van der Waals surface area contributed by atoms with Crippen LogP contribution in [0.1, 0.15) is 19.3 Å². The van der Waals surface area contributed by atoms with Crippen molar-refractivity contribution >= 4 is 29.0 Å². The summed E-state index contributed by atoms with van der Waals surface area (Å²) in [6, 6.07) is 11.8. The fraction of sp³-hybridized carbons (Fsp3) is 0.300. The Kier molecular flexibility index (Phi) is 4.51. The summed E-state index contributed by atoms with van der Waals surface area (Å²) >= 11 is 0. The van der Waals surface area contributed by atoms with Gasteiger partial charge in [-0.1, -0.05) is 37.9 Å². The predicted molar refractivity (Wildman–Crippen MR) is 106 cm³/mol. The van der Waals surface area contributed by atoms with E-state index in [2.05, 4.69) is 10.2 Å². The van der Waals surface area contributed by atoms with Gasteiger partial charge < -0.3 is 15.5 Å². The first-order chi connectivity index (χ1) is 12.6. The van der Waals surface area contributed by atoms with Gasteiger partial charge in [0.05, 0.1) is 24.0 Å². The Morgan fingerprint density at radius 2 is 2.08 bits per heavy atom. The van der Waals surface area contributed by atoms with Crippen molar-refractivity contribution in [3.05, 3.63) is 42.6 Å². The lowest BCUT2D eigenvalue weighted by atomic mass is 9.64. The van der Waals surface area contributed by atoms with Gasteiger partial charge in [0.25, 0.3) is 0 Å². The molecule has 5 nitrogen and oxygen atoms in total. The number of nitrogen functional groups attached to an aromatic ring is 1. The third-order valence-electron chi connectivity index (χ3n) is 4.95. The van der Waals surface area contributed by atoms with Gasteiger partial charge in [0.15, 0.2) is 0 Å². The van der Waals surface area contributed by atoms with Crippen LogP contribution in [0, 0.1) is 5.92 Å². The fourth-order valence-electron chi connectivity index (χ4n) is 3.15. The molecule has 0 radical (unpaired) electrons. The number of rotatable bonds is 6. The van der Waals surface area contributed by atoms with E-state index in [4.69, 9.17) is 10.5 Å². The van der Waals surface area contributed by atoms with Crippen molar-refractivity contribution in [2.75, 3.05) is 12.3 Å². The Morgan fingerprint density at radius 3 is 2.85 bits per heavy atom. The molecule has 0 amide bonds. The van der Waals surface area contributed by atoms with Crippen LogP contribution in [-0.4, -0.2) is 28.7 Å². The highest BCUT2D eigenvalue weighted by atomic mass is 16.5. The number of anilines is 1. The molecular formula is C20H22BN3O2. The Balaban J connectivity index is 1.72. The smallest absolute Gasteiger partial charge is 0.320 e. The van der Waals surface area contributed by atoms with E-state index in [0.717, 1.165) is 45.6 Å². The van der Waals surface area contributed by atoms with E-state index in [1.165, 1.54) is 12.8 Å². The minimum absolute atomic E-state index is 0.537. The van der Waals surface area contributed by atoms with Crippen LogP contribution >= 0.6 is 0 Å². The van der Waals surface area contributed by atoms with Crippen molar-refractivity contribution in [3.8, 4) is 16.9 Å². The Bertz CT molecular complexity index is 941. The molecule has 0 saturated heterocycles. The molecule has 132 valence electrons. The van der Waals surface area contributed by atoms with E-state index in [1.54, 1.807) is 13.0 Å². The van der Waals surface area contributed by atoms with Gasteiger partial charge in [0.1, 0.15) is 5.75 Å². The number of aromatic nitrogens is 2. The lowest BCUT2D eigenvalue weighted by Crippen LogP contribution is -2.26. The van der Waals surface area contributed by atoms with Crippen molar-refractivity contribution in [1.82, 2.24) is 10.2 Å². The van der Waals surface area contributed by atoms with Crippen LogP contribution in [0.3, 0.4) is 0 Å². The van der Waals surface area contributed by atoms with E-state index in [-0.39, 0.29) is 0 Å². The molecule has 1 aliphatic rings. The summed E-state index contributed by atoms with van der Waals surface area (Å²) in [6.45, 7) is 1.94. The van der Waals surface area contributed by atoms with Gasteiger partial charge in [-0.2, -0.15) is 10.2 Å². The zero-order valence-electron chi connectivity index (χ0n) is 14.9. The summed E-state index contributed by atoms with van der Waals surface area (Å²) in [7, 11) is 0. The summed E-state index contributed by atoms with van der Waals surface area (Å²) in [5.74, 6) is 1.65. The molecule has 1 fully saturated rings. The number of benzene rings is 2. The maximum absolute atomic E-state index is 9.97. The summed E-state index contributed by atoms with van der Waals surface area (Å²) in [4.78, 5) is 0. The lowest BCUT2D eigenvalue weighted by Gasteiger charge is -2.14. The second kappa shape index (κ2) is 6.96. The van der Waals surface area contributed by atoms with Crippen molar-refractivity contribution in [2.24, 2.45) is 5.92 Å². The number of hydrogen-bond acceptors (Lipinski definition) is 5. The quantitative estimate of drug-likeness (QED) is 0.670. The molecule has 2 aromatic carbocycles. The summed E-state index contributed by atoms with van der Waals surface area (Å²) in [5.41, 5.74) is 10.1. The molecule has 1 aromatic heterocycles. The maximum atomic E-state index is 9.97. The van der Waals surface area contributed by atoms with Gasteiger partial charge in [-0.25, -0.2) is 0 Å². The zero-order chi connectivity index (χ0) is 18.1. The molecule has 0 unspecified atom stereocenters. The normalized spacial score (nSPS) is 13.8. The Hall–Kier alpha value is -2.60. The van der Waals surface area contributed by atoms with Crippen LogP contribution < -0.4 is 15.9 Å². The van der Waals surface area contributed by atoms with Crippen LogP contribution in [0.15, 0.2) is 42.6 Å². The van der Waals surface area contributed by atoms with Gasteiger partial charge in [-0.05, 0) is 41.6 Å². The monoisotopic (exact) mass is 347 g/mol. The molecule has 26 heavy (non-hydrogen) atoms. The third kappa shape index (κ3) is 3.51. The first-order valence-electron chi connectivity index (χ1n) is 9.08. The average Bonchev–Trinajstić information content (AvgIpc) is 3.46. The summed E-state index contributed by atoms with van der Waals surface area (Å²) in [6.07, 6.45) is 5.30. The highest BCUT2D eigenvalue weighted by Gasteiger charge is 2.21. The highest BCUT2D eigenvalue weighted by Crippen LogP contribution is 2.34. The standard InChI is InChI=1S/C20H22BN3O2/c1-21(25)15-5-7-20(26-9-8-13-2-3-13)17(11-15)14-4-6-16-18(22)12-23-24-19(16)10-14/h4-7,10-13,25H,2-3,8-9H2,1H3,(H2,22,24). The molecule has 0 atom stereocenters. The summed E-state index contributed by atoms with van der Waals surface area (Å²) < 4.78 is 6.07. The van der Waals surface area contributed by atoms with Crippen LogP contribution in [-0.2, 0) is 0 Å². The van der Waals surface area contributed by atoms with E-state index in [1.807, 2.05) is 36.4 Å². The average molecular weight is 347 g/mol. The summed E-state index contributed by atoms with van der Waals surface area (Å²) in [5, 5.41) is 19.0. The molecule has 0 spiro atoms. The van der Waals surface area contributed by atoms with Crippen LogP contribution in [0.5, 0.6) is 5.75 Å². The number of hydrogen-bond donors (Lipinski definition) is 2. The molecule has 3 N–H and O–H groups in total. The second-order valence-corrected chi connectivity index (χ2v) is 7.04. The van der Waals surface area contributed by atoms with Crippen molar-refractivity contribution in [2.45, 2.75) is 26.1 Å². The maximum Gasteiger partial charge on any atom is 0.320 e. The lowest BCUT2D eigenvalue weighted by molar-refractivity contribution is 0.303. The molecule has 4 rings (SSSR count). The Labute approximate surface area is 153 Å². The molecule has 0 bridgehead atoms. The fourth-order valence-corrected chi connectivity index (χ4v) is 3.15. The highest BCUT2D eigenvalue weighted by molar-refractivity contribution is 6.64. The minimum atomic E-state index is -0.537. The van der Waals surface area contributed by atoms with E-state index in [0.29, 0.717) is 12.3 Å². The minimum Gasteiger partial charge on any atom is -0.493 e. The number of fused-ring (bicyclic) bond motifs is 1. The molecule has 0 aliphatic heterocycles. The van der Waals surface area contributed by atoms with Gasteiger partial charge in [0.2, 0.25) is 0 Å². The van der Waals surface area contributed by atoms with Crippen LogP contribution in [0.4, 0.5) is 5.69 Å². The van der Waals surface area contributed by atoms with E-state index < -0.39 is 6.92 Å². The van der Waals surface area contributed by atoms with Crippen molar-refractivity contribution in [3.63, 3.8) is 0 Å².